The Morgan fingerprint density at radius 3 is 2.63 bits per heavy atom. The van der Waals surface area contributed by atoms with E-state index in [-0.39, 0.29) is 6.04 Å². The molecule has 4 nitrogen and oxygen atoms in total. The number of hydrogen-bond donors (Lipinski definition) is 1. The lowest BCUT2D eigenvalue weighted by molar-refractivity contribution is 0.291. The van der Waals surface area contributed by atoms with Crippen LogP contribution in [0.4, 0.5) is 0 Å². The number of likely N-dealkylation sites (tertiary alicyclic amines) is 1. The van der Waals surface area contributed by atoms with Gasteiger partial charge in [-0.15, -0.1) is 0 Å². The van der Waals surface area contributed by atoms with Gasteiger partial charge in [0, 0.05) is 12.6 Å². The zero-order valence-electron chi connectivity index (χ0n) is 11.6. The number of ether oxygens (including phenoxy) is 2. The SMILES string of the molecule is COc1ccc(Cl)c(OC)c1C1CC(CN)CN1C. The summed E-state index contributed by atoms with van der Waals surface area (Å²) in [6.45, 7) is 1.69. The monoisotopic (exact) mass is 284 g/mol. The van der Waals surface area contributed by atoms with Gasteiger partial charge in [-0.2, -0.15) is 0 Å². The molecule has 0 aromatic heterocycles. The average molecular weight is 285 g/mol. The molecule has 1 saturated heterocycles. The van der Waals surface area contributed by atoms with Gasteiger partial charge in [0.25, 0.3) is 0 Å². The summed E-state index contributed by atoms with van der Waals surface area (Å²) in [4.78, 5) is 2.29. The zero-order valence-corrected chi connectivity index (χ0v) is 12.4. The van der Waals surface area contributed by atoms with Gasteiger partial charge in [-0.25, -0.2) is 0 Å². The first-order valence-electron chi connectivity index (χ1n) is 6.43. The minimum Gasteiger partial charge on any atom is -0.496 e. The van der Waals surface area contributed by atoms with Crippen LogP contribution in [-0.2, 0) is 0 Å². The van der Waals surface area contributed by atoms with Crippen molar-refractivity contribution in [2.24, 2.45) is 11.7 Å². The van der Waals surface area contributed by atoms with Crippen molar-refractivity contribution < 1.29 is 9.47 Å². The van der Waals surface area contributed by atoms with Gasteiger partial charge in [0.15, 0.2) is 0 Å². The summed E-state index contributed by atoms with van der Waals surface area (Å²) in [5, 5.41) is 0.614. The second-order valence-corrected chi connectivity index (χ2v) is 5.40. The van der Waals surface area contributed by atoms with Crippen molar-refractivity contribution in [3.8, 4) is 11.5 Å². The standard InChI is InChI=1S/C14H21ClN2O2/c1-17-8-9(7-16)6-11(17)13-12(18-2)5-4-10(15)14(13)19-3/h4-5,9,11H,6-8,16H2,1-3H3. The average Bonchev–Trinajstić information content (AvgIpc) is 2.79. The molecule has 19 heavy (non-hydrogen) atoms. The third-order valence-electron chi connectivity index (χ3n) is 3.83. The van der Waals surface area contributed by atoms with Crippen molar-refractivity contribution in [3.05, 3.63) is 22.7 Å². The topological polar surface area (TPSA) is 47.7 Å². The molecule has 2 rings (SSSR count). The molecule has 1 heterocycles. The maximum absolute atomic E-state index is 6.23. The summed E-state index contributed by atoms with van der Waals surface area (Å²) < 4.78 is 11.0. The number of hydrogen-bond acceptors (Lipinski definition) is 4. The van der Waals surface area contributed by atoms with E-state index in [1.807, 2.05) is 6.07 Å². The molecule has 1 aromatic carbocycles. The minimum atomic E-state index is 0.233. The summed E-state index contributed by atoms with van der Waals surface area (Å²) in [6, 6.07) is 3.93. The zero-order chi connectivity index (χ0) is 14.0. The maximum Gasteiger partial charge on any atom is 0.145 e. The number of nitrogens with zero attached hydrogens (tertiary/aromatic N) is 1. The Hall–Kier alpha value is -0.970. The molecule has 0 aliphatic carbocycles. The van der Waals surface area contributed by atoms with Crippen molar-refractivity contribution in [2.45, 2.75) is 12.5 Å². The largest absolute Gasteiger partial charge is 0.496 e. The first kappa shape index (κ1) is 14.4. The fraction of sp³-hybridized carbons (Fsp3) is 0.571. The maximum atomic E-state index is 6.23. The van der Waals surface area contributed by atoms with Crippen LogP contribution in [0.5, 0.6) is 11.5 Å². The first-order chi connectivity index (χ1) is 9.12. The van der Waals surface area contributed by atoms with Gasteiger partial charge in [-0.05, 0) is 38.1 Å². The van der Waals surface area contributed by atoms with Gasteiger partial charge in [0.2, 0.25) is 0 Å². The third-order valence-corrected chi connectivity index (χ3v) is 4.13. The summed E-state index contributed by atoms with van der Waals surface area (Å²) in [5.74, 6) is 2.02. The Labute approximate surface area is 119 Å². The molecular weight excluding hydrogens is 264 g/mol. The van der Waals surface area contributed by atoms with Gasteiger partial charge >= 0.3 is 0 Å². The molecular formula is C14H21ClN2O2. The second kappa shape index (κ2) is 5.99. The number of nitrogens with two attached hydrogens (primary N) is 1. The Balaban J connectivity index is 2.45. The van der Waals surface area contributed by atoms with E-state index in [2.05, 4.69) is 11.9 Å². The van der Waals surface area contributed by atoms with Crippen LogP contribution in [-0.4, -0.2) is 39.3 Å². The van der Waals surface area contributed by atoms with E-state index < -0.39 is 0 Å². The molecule has 1 aromatic rings. The number of benzene rings is 1. The summed E-state index contributed by atoms with van der Waals surface area (Å²) >= 11 is 6.23. The fourth-order valence-electron chi connectivity index (χ4n) is 2.87. The second-order valence-electron chi connectivity index (χ2n) is 4.99. The fourth-order valence-corrected chi connectivity index (χ4v) is 3.11. The van der Waals surface area contributed by atoms with Crippen LogP contribution in [0.3, 0.4) is 0 Å². The lowest BCUT2D eigenvalue weighted by Crippen LogP contribution is -2.21. The predicted octanol–water partition coefficient (Wildman–Crippen LogP) is 2.31. The molecule has 2 unspecified atom stereocenters. The summed E-state index contributed by atoms with van der Waals surface area (Å²) in [7, 11) is 5.40. The highest BCUT2D eigenvalue weighted by Gasteiger charge is 2.34. The molecule has 0 bridgehead atoms. The Bertz CT molecular complexity index is 453. The van der Waals surface area contributed by atoms with Crippen LogP contribution in [0.1, 0.15) is 18.0 Å². The number of rotatable bonds is 4. The normalized spacial score (nSPS) is 23.6. The van der Waals surface area contributed by atoms with Crippen LogP contribution in [0, 0.1) is 5.92 Å². The Morgan fingerprint density at radius 1 is 1.37 bits per heavy atom. The minimum absolute atomic E-state index is 0.233. The molecule has 1 fully saturated rings. The molecule has 0 spiro atoms. The van der Waals surface area contributed by atoms with Gasteiger partial charge in [-0.1, -0.05) is 11.6 Å². The molecule has 0 saturated carbocycles. The molecule has 2 atom stereocenters. The van der Waals surface area contributed by atoms with E-state index in [1.54, 1.807) is 20.3 Å². The van der Waals surface area contributed by atoms with E-state index >= 15 is 0 Å². The molecule has 0 radical (unpaired) electrons. The van der Waals surface area contributed by atoms with E-state index in [1.165, 1.54) is 0 Å². The van der Waals surface area contributed by atoms with Crippen molar-refractivity contribution in [2.75, 3.05) is 34.4 Å². The van der Waals surface area contributed by atoms with E-state index in [9.17, 15) is 0 Å². The molecule has 106 valence electrons. The number of halogens is 1. The molecule has 0 amide bonds. The van der Waals surface area contributed by atoms with Crippen molar-refractivity contribution in [1.82, 2.24) is 4.90 Å². The van der Waals surface area contributed by atoms with E-state index in [4.69, 9.17) is 26.8 Å². The van der Waals surface area contributed by atoms with Crippen LogP contribution in [0.25, 0.3) is 0 Å². The number of methoxy groups -OCH3 is 2. The van der Waals surface area contributed by atoms with E-state index in [0.29, 0.717) is 23.2 Å². The highest BCUT2D eigenvalue weighted by molar-refractivity contribution is 6.32. The van der Waals surface area contributed by atoms with Crippen LogP contribution < -0.4 is 15.2 Å². The third kappa shape index (κ3) is 2.66. The molecule has 1 aliphatic heterocycles. The highest BCUT2D eigenvalue weighted by atomic mass is 35.5. The van der Waals surface area contributed by atoms with Crippen LogP contribution >= 0.6 is 11.6 Å². The first-order valence-corrected chi connectivity index (χ1v) is 6.80. The van der Waals surface area contributed by atoms with Gasteiger partial charge in [-0.3, -0.25) is 4.90 Å². The lowest BCUT2D eigenvalue weighted by atomic mass is 9.98. The Kier molecular flexibility index (Phi) is 4.55. The predicted molar refractivity (Wildman–Crippen MR) is 77.1 cm³/mol. The van der Waals surface area contributed by atoms with Crippen molar-refractivity contribution >= 4 is 11.6 Å². The van der Waals surface area contributed by atoms with E-state index in [0.717, 1.165) is 24.3 Å². The van der Waals surface area contributed by atoms with Crippen molar-refractivity contribution in [3.63, 3.8) is 0 Å². The van der Waals surface area contributed by atoms with Gasteiger partial charge < -0.3 is 15.2 Å². The highest BCUT2D eigenvalue weighted by Crippen LogP contribution is 2.45. The Morgan fingerprint density at radius 2 is 2.11 bits per heavy atom. The quantitative estimate of drug-likeness (QED) is 0.922. The summed E-state index contributed by atoms with van der Waals surface area (Å²) in [5.41, 5.74) is 6.82. The van der Waals surface area contributed by atoms with Crippen LogP contribution in [0.2, 0.25) is 5.02 Å². The summed E-state index contributed by atoms with van der Waals surface area (Å²) in [6.07, 6.45) is 1.00. The van der Waals surface area contributed by atoms with Gasteiger partial charge in [0.1, 0.15) is 11.5 Å². The molecule has 2 N–H and O–H groups in total. The van der Waals surface area contributed by atoms with Crippen LogP contribution in [0.15, 0.2) is 12.1 Å². The van der Waals surface area contributed by atoms with Crippen molar-refractivity contribution in [1.29, 1.82) is 0 Å². The smallest absolute Gasteiger partial charge is 0.145 e. The lowest BCUT2D eigenvalue weighted by Gasteiger charge is -2.24. The molecule has 5 heteroatoms. The van der Waals surface area contributed by atoms with Gasteiger partial charge in [0.05, 0.1) is 24.8 Å². The molecule has 1 aliphatic rings.